The van der Waals surface area contributed by atoms with Gasteiger partial charge < -0.3 is 20.4 Å². The highest BCUT2D eigenvalue weighted by Gasteiger charge is 2.08. The number of furan rings is 1. The average molecular weight is 342 g/mol. The van der Waals surface area contributed by atoms with E-state index in [4.69, 9.17) is 27.6 Å². The number of nitrogens with one attached hydrogen (secondary N) is 3. The standard InChI is InChI=1S/C14H13Cl2N3O3/c15-9-3-4-12(11(16)6-9)19-14(21)18-8-13(20)17-7-10-2-1-5-22-10/h1-6H,7-8H2,(H,17,20)(H2,18,19,21). The van der Waals surface area contributed by atoms with Gasteiger partial charge in [0.25, 0.3) is 0 Å². The third kappa shape index (κ3) is 4.98. The lowest BCUT2D eigenvalue weighted by molar-refractivity contribution is -0.120. The molecule has 2 aromatic rings. The quantitative estimate of drug-likeness (QED) is 0.781. The van der Waals surface area contributed by atoms with Crippen LogP contribution in [0.25, 0.3) is 0 Å². The number of anilines is 1. The van der Waals surface area contributed by atoms with Gasteiger partial charge in [-0.1, -0.05) is 23.2 Å². The number of carbonyl (C=O) groups is 2. The van der Waals surface area contributed by atoms with Crippen molar-refractivity contribution in [3.05, 3.63) is 52.4 Å². The molecule has 2 rings (SSSR count). The van der Waals surface area contributed by atoms with Gasteiger partial charge in [-0.25, -0.2) is 4.79 Å². The minimum Gasteiger partial charge on any atom is -0.467 e. The molecule has 0 fully saturated rings. The Labute approximate surface area is 136 Å². The van der Waals surface area contributed by atoms with E-state index >= 15 is 0 Å². The van der Waals surface area contributed by atoms with E-state index < -0.39 is 6.03 Å². The van der Waals surface area contributed by atoms with Crippen LogP contribution in [0, 0.1) is 0 Å². The SMILES string of the molecule is O=C(CNC(=O)Nc1ccc(Cl)cc1Cl)NCc1ccco1. The largest absolute Gasteiger partial charge is 0.467 e. The topological polar surface area (TPSA) is 83.4 Å². The Hall–Kier alpha value is -2.18. The third-order valence-electron chi connectivity index (χ3n) is 2.63. The molecule has 0 saturated carbocycles. The van der Waals surface area contributed by atoms with E-state index in [1.807, 2.05) is 0 Å². The van der Waals surface area contributed by atoms with Crippen LogP contribution in [-0.4, -0.2) is 18.5 Å². The summed E-state index contributed by atoms with van der Waals surface area (Å²) in [5, 5.41) is 8.32. The lowest BCUT2D eigenvalue weighted by Gasteiger charge is -2.09. The van der Waals surface area contributed by atoms with Gasteiger partial charge in [-0.3, -0.25) is 4.79 Å². The van der Waals surface area contributed by atoms with Crippen molar-refractivity contribution in [1.82, 2.24) is 10.6 Å². The molecule has 0 atom stereocenters. The summed E-state index contributed by atoms with van der Waals surface area (Å²) in [5.74, 6) is 0.291. The van der Waals surface area contributed by atoms with Gasteiger partial charge in [0.15, 0.2) is 0 Å². The zero-order valence-corrected chi connectivity index (χ0v) is 12.9. The van der Waals surface area contributed by atoms with E-state index in [1.165, 1.54) is 12.3 Å². The number of amides is 3. The van der Waals surface area contributed by atoms with Gasteiger partial charge in [0.2, 0.25) is 5.91 Å². The summed E-state index contributed by atoms with van der Waals surface area (Å²) in [6, 6.07) is 7.60. The zero-order chi connectivity index (χ0) is 15.9. The van der Waals surface area contributed by atoms with Gasteiger partial charge in [-0.15, -0.1) is 0 Å². The molecular formula is C14H13Cl2N3O3. The molecule has 22 heavy (non-hydrogen) atoms. The summed E-state index contributed by atoms with van der Waals surface area (Å²) in [6.07, 6.45) is 1.52. The molecule has 3 N–H and O–H groups in total. The highest BCUT2D eigenvalue weighted by molar-refractivity contribution is 6.36. The first-order valence-electron chi connectivity index (χ1n) is 6.33. The highest BCUT2D eigenvalue weighted by Crippen LogP contribution is 2.25. The Morgan fingerprint density at radius 1 is 1.14 bits per heavy atom. The molecule has 0 aliphatic rings. The molecule has 1 aromatic heterocycles. The Morgan fingerprint density at radius 2 is 1.95 bits per heavy atom. The predicted molar refractivity (Wildman–Crippen MR) is 84.0 cm³/mol. The van der Waals surface area contributed by atoms with Crippen molar-refractivity contribution in [2.75, 3.05) is 11.9 Å². The number of benzene rings is 1. The van der Waals surface area contributed by atoms with E-state index in [2.05, 4.69) is 16.0 Å². The molecule has 6 nitrogen and oxygen atoms in total. The highest BCUT2D eigenvalue weighted by atomic mass is 35.5. The lowest BCUT2D eigenvalue weighted by atomic mass is 10.3. The lowest BCUT2D eigenvalue weighted by Crippen LogP contribution is -2.38. The van der Waals surface area contributed by atoms with Crippen molar-refractivity contribution in [3.8, 4) is 0 Å². The average Bonchev–Trinajstić information content (AvgIpc) is 2.99. The summed E-state index contributed by atoms with van der Waals surface area (Å²) in [6.45, 7) is 0.0932. The van der Waals surface area contributed by atoms with Crippen molar-refractivity contribution in [2.24, 2.45) is 0 Å². The van der Waals surface area contributed by atoms with E-state index in [0.29, 0.717) is 21.5 Å². The molecule has 0 aliphatic heterocycles. The Balaban J connectivity index is 1.74. The third-order valence-corrected chi connectivity index (χ3v) is 3.18. The van der Waals surface area contributed by atoms with Crippen molar-refractivity contribution >= 4 is 40.8 Å². The van der Waals surface area contributed by atoms with Gasteiger partial charge in [-0.05, 0) is 30.3 Å². The van der Waals surface area contributed by atoms with Gasteiger partial charge in [0.05, 0.1) is 30.1 Å². The second-order valence-electron chi connectivity index (χ2n) is 4.29. The van der Waals surface area contributed by atoms with Gasteiger partial charge in [0, 0.05) is 5.02 Å². The second-order valence-corrected chi connectivity index (χ2v) is 5.13. The van der Waals surface area contributed by atoms with Crippen LogP contribution in [0.3, 0.4) is 0 Å². The molecule has 3 amide bonds. The van der Waals surface area contributed by atoms with Crippen molar-refractivity contribution in [1.29, 1.82) is 0 Å². The molecule has 0 saturated heterocycles. The molecular weight excluding hydrogens is 329 g/mol. The maximum Gasteiger partial charge on any atom is 0.319 e. The molecule has 1 heterocycles. The van der Waals surface area contributed by atoms with E-state index in [9.17, 15) is 9.59 Å². The number of hydrogen-bond donors (Lipinski definition) is 3. The van der Waals surface area contributed by atoms with Crippen molar-refractivity contribution in [3.63, 3.8) is 0 Å². The van der Waals surface area contributed by atoms with Crippen LogP contribution >= 0.6 is 23.2 Å². The number of urea groups is 1. The minimum absolute atomic E-state index is 0.169. The number of halogens is 2. The van der Waals surface area contributed by atoms with Crippen LogP contribution in [0.2, 0.25) is 10.0 Å². The van der Waals surface area contributed by atoms with Crippen LogP contribution in [0.5, 0.6) is 0 Å². The molecule has 0 aliphatic carbocycles. The molecule has 0 spiro atoms. The number of rotatable bonds is 5. The zero-order valence-electron chi connectivity index (χ0n) is 11.4. The van der Waals surface area contributed by atoms with Crippen LogP contribution in [0.4, 0.5) is 10.5 Å². The van der Waals surface area contributed by atoms with Gasteiger partial charge in [-0.2, -0.15) is 0 Å². The van der Waals surface area contributed by atoms with Gasteiger partial charge in [0.1, 0.15) is 5.76 Å². The predicted octanol–water partition coefficient (Wildman–Crippen LogP) is 3.02. The first-order valence-corrected chi connectivity index (χ1v) is 7.09. The monoisotopic (exact) mass is 341 g/mol. The van der Waals surface area contributed by atoms with Crippen LogP contribution in [-0.2, 0) is 11.3 Å². The van der Waals surface area contributed by atoms with E-state index in [1.54, 1.807) is 24.3 Å². The molecule has 0 radical (unpaired) electrons. The Bertz CT molecular complexity index is 659. The second kappa shape index (κ2) is 7.72. The van der Waals surface area contributed by atoms with Crippen molar-refractivity contribution in [2.45, 2.75) is 6.54 Å². The molecule has 8 heteroatoms. The number of carbonyl (C=O) groups excluding carboxylic acids is 2. The summed E-state index contributed by atoms with van der Waals surface area (Å²) < 4.78 is 5.07. The summed E-state index contributed by atoms with van der Waals surface area (Å²) in [4.78, 5) is 23.2. The molecule has 116 valence electrons. The van der Waals surface area contributed by atoms with Crippen molar-refractivity contribution < 1.29 is 14.0 Å². The fourth-order valence-corrected chi connectivity index (χ4v) is 2.04. The fourth-order valence-electron chi connectivity index (χ4n) is 1.58. The minimum atomic E-state index is -0.544. The number of hydrogen-bond acceptors (Lipinski definition) is 3. The van der Waals surface area contributed by atoms with E-state index in [0.717, 1.165) is 0 Å². The fraction of sp³-hybridized carbons (Fsp3) is 0.143. The normalized spacial score (nSPS) is 10.1. The Kier molecular flexibility index (Phi) is 5.68. The molecule has 1 aromatic carbocycles. The Morgan fingerprint density at radius 3 is 2.64 bits per heavy atom. The first kappa shape index (κ1) is 16.2. The summed E-state index contributed by atoms with van der Waals surface area (Å²) >= 11 is 11.7. The van der Waals surface area contributed by atoms with Gasteiger partial charge >= 0.3 is 6.03 Å². The molecule has 0 unspecified atom stereocenters. The van der Waals surface area contributed by atoms with Crippen LogP contribution in [0.1, 0.15) is 5.76 Å². The maximum absolute atomic E-state index is 11.7. The molecule has 0 bridgehead atoms. The van der Waals surface area contributed by atoms with E-state index in [-0.39, 0.29) is 19.0 Å². The van der Waals surface area contributed by atoms with Crippen LogP contribution < -0.4 is 16.0 Å². The first-order chi connectivity index (χ1) is 10.5. The summed E-state index contributed by atoms with van der Waals surface area (Å²) in [5.41, 5.74) is 0.402. The summed E-state index contributed by atoms with van der Waals surface area (Å²) in [7, 11) is 0. The smallest absolute Gasteiger partial charge is 0.319 e. The maximum atomic E-state index is 11.7. The van der Waals surface area contributed by atoms with Crippen LogP contribution in [0.15, 0.2) is 41.0 Å².